The lowest BCUT2D eigenvalue weighted by Crippen LogP contribution is -2.40. The van der Waals surface area contributed by atoms with Crippen LogP contribution in [0.25, 0.3) is 0 Å². The number of hydrogen-bond donors (Lipinski definition) is 1. The average molecular weight is 294 g/mol. The summed E-state index contributed by atoms with van der Waals surface area (Å²) < 4.78 is 5.38. The van der Waals surface area contributed by atoms with Crippen molar-refractivity contribution in [1.29, 1.82) is 0 Å². The molecule has 2 heterocycles. The molecule has 0 amide bonds. The van der Waals surface area contributed by atoms with E-state index in [1.165, 1.54) is 6.07 Å². The van der Waals surface area contributed by atoms with Crippen LogP contribution in [0.15, 0.2) is 12.1 Å². The summed E-state index contributed by atoms with van der Waals surface area (Å²) in [5, 5.41) is 14.4. The zero-order chi connectivity index (χ0) is 15.2. The fourth-order valence-electron chi connectivity index (χ4n) is 2.49. The van der Waals surface area contributed by atoms with Gasteiger partial charge in [0.25, 0.3) is 0 Å². The molecule has 7 nitrogen and oxygen atoms in total. The van der Waals surface area contributed by atoms with Gasteiger partial charge < -0.3 is 15.0 Å². The number of rotatable bonds is 6. The first-order valence-electron chi connectivity index (χ1n) is 7.32. The van der Waals surface area contributed by atoms with Crippen LogP contribution in [0.3, 0.4) is 0 Å². The molecule has 0 bridgehead atoms. The molecule has 7 heteroatoms. The highest BCUT2D eigenvalue weighted by Gasteiger charge is 2.27. The van der Waals surface area contributed by atoms with Crippen LogP contribution in [-0.4, -0.2) is 42.8 Å². The monoisotopic (exact) mass is 294 g/mol. The van der Waals surface area contributed by atoms with Crippen molar-refractivity contribution in [3.8, 4) is 0 Å². The van der Waals surface area contributed by atoms with Gasteiger partial charge in [0.05, 0.1) is 11.0 Å². The average Bonchev–Trinajstić information content (AvgIpc) is 2.52. The van der Waals surface area contributed by atoms with Gasteiger partial charge in [0.1, 0.15) is 5.82 Å². The van der Waals surface area contributed by atoms with Crippen LogP contribution >= 0.6 is 0 Å². The summed E-state index contributed by atoms with van der Waals surface area (Å²) in [7, 11) is 1.68. The standard InChI is InChI=1S/C14H22N4O3/c1-3-8-15-13-7-6-12(18(19)20)14(16-13)17-9-4-5-11(10-17)21-2/h6-7,11H,3-5,8-10H2,1-2H3,(H,15,16). The highest BCUT2D eigenvalue weighted by molar-refractivity contribution is 5.62. The van der Waals surface area contributed by atoms with E-state index in [9.17, 15) is 10.1 Å². The summed E-state index contributed by atoms with van der Waals surface area (Å²) in [6, 6.07) is 3.19. The largest absolute Gasteiger partial charge is 0.380 e. The summed E-state index contributed by atoms with van der Waals surface area (Å²) in [4.78, 5) is 17.2. The molecule has 0 aliphatic carbocycles. The fourth-order valence-corrected chi connectivity index (χ4v) is 2.49. The quantitative estimate of drug-likeness (QED) is 0.641. The fraction of sp³-hybridized carbons (Fsp3) is 0.643. The van der Waals surface area contributed by atoms with E-state index in [1.54, 1.807) is 13.2 Å². The predicted octanol–water partition coefficient (Wildman–Crippen LogP) is 2.43. The minimum atomic E-state index is -0.373. The number of ether oxygens (including phenoxy) is 1. The van der Waals surface area contributed by atoms with Gasteiger partial charge in [0, 0.05) is 32.8 Å². The SMILES string of the molecule is CCCNc1ccc([N+](=O)[O-])c(N2CCCC(OC)C2)n1. The molecule has 1 aliphatic rings. The minimum absolute atomic E-state index is 0.0498. The Kier molecular flexibility index (Phi) is 5.32. The number of pyridine rings is 1. The number of hydrogen-bond acceptors (Lipinski definition) is 6. The lowest BCUT2D eigenvalue weighted by Gasteiger charge is -2.32. The van der Waals surface area contributed by atoms with E-state index >= 15 is 0 Å². The molecule has 1 aromatic heterocycles. The van der Waals surface area contributed by atoms with Crippen molar-refractivity contribution in [2.75, 3.05) is 37.0 Å². The van der Waals surface area contributed by atoms with Crippen molar-refractivity contribution in [1.82, 2.24) is 4.98 Å². The van der Waals surface area contributed by atoms with Crippen LogP contribution in [0, 0.1) is 10.1 Å². The Morgan fingerprint density at radius 3 is 3.05 bits per heavy atom. The van der Waals surface area contributed by atoms with E-state index in [0.29, 0.717) is 18.2 Å². The van der Waals surface area contributed by atoms with Crippen molar-refractivity contribution in [2.45, 2.75) is 32.3 Å². The molecule has 1 atom stereocenters. The lowest BCUT2D eigenvalue weighted by molar-refractivity contribution is -0.384. The van der Waals surface area contributed by atoms with Gasteiger partial charge in [0.2, 0.25) is 5.82 Å². The molecule has 0 radical (unpaired) electrons. The molecule has 1 unspecified atom stereocenters. The Labute approximate surface area is 124 Å². The second-order valence-corrected chi connectivity index (χ2v) is 5.17. The van der Waals surface area contributed by atoms with Gasteiger partial charge >= 0.3 is 5.69 Å². The molecule has 1 aromatic rings. The van der Waals surface area contributed by atoms with Crippen LogP contribution in [-0.2, 0) is 4.74 Å². The minimum Gasteiger partial charge on any atom is -0.380 e. The van der Waals surface area contributed by atoms with Crippen molar-refractivity contribution in [3.63, 3.8) is 0 Å². The maximum absolute atomic E-state index is 11.2. The van der Waals surface area contributed by atoms with Crippen LogP contribution in [0.1, 0.15) is 26.2 Å². The Balaban J connectivity index is 2.27. The number of nitro groups is 1. The van der Waals surface area contributed by atoms with Crippen molar-refractivity contribution < 1.29 is 9.66 Å². The van der Waals surface area contributed by atoms with Crippen molar-refractivity contribution in [2.24, 2.45) is 0 Å². The molecule has 21 heavy (non-hydrogen) atoms. The number of methoxy groups -OCH3 is 1. The molecule has 1 saturated heterocycles. The highest BCUT2D eigenvalue weighted by Crippen LogP contribution is 2.30. The Morgan fingerprint density at radius 1 is 1.57 bits per heavy atom. The maximum atomic E-state index is 11.2. The molecule has 0 saturated carbocycles. The zero-order valence-electron chi connectivity index (χ0n) is 12.5. The smallest absolute Gasteiger partial charge is 0.311 e. The first-order valence-corrected chi connectivity index (χ1v) is 7.32. The summed E-state index contributed by atoms with van der Waals surface area (Å²) in [5.74, 6) is 1.11. The van der Waals surface area contributed by atoms with E-state index in [-0.39, 0.29) is 16.7 Å². The summed E-state index contributed by atoms with van der Waals surface area (Å²) >= 11 is 0. The van der Waals surface area contributed by atoms with E-state index in [0.717, 1.165) is 32.4 Å². The van der Waals surface area contributed by atoms with Gasteiger partial charge in [-0.25, -0.2) is 4.98 Å². The lowest BCUT2D eigenvalue weighted by atomic mass is 10.1. The zero-order valence-corrected chi connectivity index (χ0v) is 12.5. The maximum Gasteiger partial charge on any atom is 0.311 e. The molecule has 1 fully saturated rings. The first-order chi connectivity index (χ1) is 10.2. The molecule has 2 rings (SSSR count). The topological polar surface area (TPSA) is 80.5 Å². The van der Waals surface area contributed by atoms with Crippen LogP contribution < -0.4 is 10.2 Å². The molecular weight excluding hydrogens is 272 g/mol. The Hall–Kier alpha value is -1.89. The Bertz CT molecular complexity index is 495. The van der Waals surface area contributed by atoms with Crippen molar-refractivity contribution >= 4 is 17.3 Å². The van der Waals surface area contributed by atoms with Gasteiger partial charge in [-0.05, 0) is 25.3 Å². The normalized spacial score (nSPS) is 18.6. The molecule has 0 spiro atoms. The van der Waals surface area contributed by atoms with E-state index in [4.69, 9.17) is 4.74 Å². The third kappa shape index (κ3) is 3.81. The number of aromatic nitrogens is 1. The van der Waals surface area contributed by atoms with Crippen molar-refractivity contribution in [3.05, 3.63) is 22.2 Å². The molecule has 1 N–H and O–H groups in total. The molecule has 0 aromatic carbocycles. The third-order valence-corrected chi connectivity index (χ3v) is 3.62. The van der Waals surface area contributed by atoms with E-state index in [1.807, 2.05) is 4.90 Å². The van der Waals surface area contributed by atoms with Gasteiger partial charge in [-0.1, -0.05) is 6.92 Å². The van der Waals surface area contributed by atoms with Gasteiger partial charge in [0.15, 0.2) is 0 Å². The van der Waals surface area contributed by atoms with Crippen LogP contribution in [0.5, 0.6) is 0 Å². The Morgan fingerprint density at radius 2 is 2.38 bits per heavy atom. The van der Waals surface area contributed by atoms with Crippen LogP contribution in [0.4, 0.5) is 17.3 Å². The van der Waals surface area contributed by atoms with E-state index in [2.05, 4.69) is 17.2 Å². The second-order valence-electron chi connectivity index (χ2n) is 5.17. The number of anilines is 2. The van der Waals surface area contributed by atoms with Gasteiger partial charge in [-0.15, -0.1) is 0 Å². The predicted molar refractivity (Wildman–Crippen MR) is 81.9 cm³/mol. The number of nitrogens with one attached hydrogen (secondary N) is 1. The highest BCUT2D eigenvalue weighted by atomic mass is 16.6. The second kappa shape index (κ2) is 7.21. The van der Waals surface area contributed by atoms with Gasteiger partial charge in [-0.2, -0.15) is 0 Å². The first kappa shape index (κ1) is 15.5. The summed E-state index contributed by atoms with van der Waals surface area (Å²) in [6.45, 7) is 4.27. The number of piperidine rings is 1. The van der Waals surface area contributed by atoms with E-state index < -0.39 is 0 Å². The molecule has 116 valence electrons. The third-order valence-electron chi connectivity index (χ3n) is 3.62. The summed E-state index contributed by atoms with van der Waals surface area (Å²) in [5.41, 5.74) is 0.0498. The summed E-state index contributed by atoms with van der Waals surface area (Å²) in [6.07, 6.45) is 3.01. The molecular formula is C14H22N4O3. The van der Waals surface area contributed by atoms with Crippen LogP contribution in [0.2, 0.25) is 0 Å². The molecule has 1 aliphatic heterocycles. The van der Waals surface area contributed by atoms with Gasteiger partial charge in [-0.3, -0.25) is 10.1 Å². The number of nitrogens with zero attached hydrogens (tertiary/aromatic N) is 3.